The number of rotatable bonds is 6. The fraction of sp³-hybridized carbons (Fsp3) is 1.00. The topological polar surface area (TPSA) is 29.5 Å². The summed E-state index contributed by atoms with van der Waals surface area (Å²) < 4.78 is 5.52. The normalized spacial score (nSPS) is 19.1. The van der Waals surface area contributed by atoms with Crippen molar-refractivity contribution < 1.29 is 9.84 Å². The molecular formula is C12H26O2. The fourth-order valence-electron chi connectivity index (χ4n) is 1.45. The zero-order valence-corrected chi connectivity index (χ0v) is 10.6. The van der Waals surface area contributed by atoms with Crippen molar-refractivity contribution in [2.24, 2.45) is 11.3 Å². The van der Waals surface area contributed by atoms with Crippen molar-refractivity contribution in [3.05, 3.63) is 0 Å². The second-order valence-corrected chi connectivity index (χ2v) is 4.86. The van der Waals surface area contributed by atoms with E-state index >= 15 is 0 Å². The fourth-order valence-corrected chi connectivity index (χ4v) is 1.45. The molecule has 0 fully saturated rings. The Labute approximate surface area is 88.7 Å². The molecule has 1 N–H and O–H groups in total. The minimum absolute atomic E-state index is 0.211. The van der Waals surface area contributed by atoms with Gasteiger partial charge in [0.2, 0.25) is 0 Å². The second-order valence-electron chi connectivity index (χ2n) is 4.86. The lowest BCUT2D eigenvalue weighted by molar-refractivity contribution is -0.265. The molecule has 86 valence electrons. The van der Waals surface area contributed by atoms with Crippen LogP contribution >= 0.6 is 0 Å². The van der Waals surface area contributed by atoms with E-state index in [2.05, 4.69) is 27.7 Å². The van der Waals surface area contributed by atoms with E-state index in [-0.39, 0.29) is 5.41 Å². The van der Waals surface area contributed by atoms with Crippen molar-refractivity contribution in [3.63, 3.8) is 0 Å². The van der Waals surface area contributed by atoms with Crippen LogP contribution < -0.4 is 0 Å². The van der Waals surface area contributed by atoms with Crippen LogP contribution in [0.4, 0.5) is 0 Å². The van der Waals surface area contributed by atoms with Gasteiger partial charge in [-0.15, -0.1) is 0 Å². The maximum Gasteiger partial charge on any atom is 0.167 e. The average molecular weight is 202 g/mol. The highest BCUT2D eigenvalue weighted by molar-refractivity contribution is 4.86. The first-order chi connectivity index (χ1) is 6.29. The van der Waals surface area contributed by atoms with Gasteiger partial charge in [0.25, 0.3) is 0 Å². The Morgan fingerprint density at radius 3 is 2.07 bits per heavy atom. The Hall–Kier alpha value is -0.0800. The zero-order chi connectivity index (χ0) is 11.4. The lowest BCUT2D eigenvalue weighted by atomic mass is 9.72. The summed E-state index contributed by atoms with van der Waals surface area (Å²) in [6.45, 7) is 12.9. The molecule has 0 spiro atoms. The highest BCUT2D eigenvalue weighted by Crippen LogP contribution is 2.40. The predicted molar refractivity (Wildman–Crippen MR) is 60.1 cm³/mol. The van der Waals surface area contributed by atoms with Gasteiger partial charge in [0.15, 0.2) is 5.79 Å². The zero-order valence-electron chi connectivity index (χ0n) is 10.6. The van der Waals surface area contributed by atoms with Gasteiger partial charge in [-0.05, 0) is 19.3 Å². The maximum absolute atomic E-state index is 10.3. The first-order valence-corrected chi connectivity index (χ1v) is 5.65. The van der Waals surface area contributed by atoms with Crippen LogP contribution in [0, 0.1) is 11.3 Å². The highest BCUT2D eigenvalue weighted by atomic mass is 16.6. The van der Waals surface area contributed by atoms with Crippen LogP contribution in [0.25, 0.3) is 0 Å². The third-order valence-corrected chi connectivity index (χ3v) is 3.63. The highest BCUT2D eigenvalue weighted by Gasteiger charge is 2.43. The lowest BCUT2D eigenvalue weighted by Gasteiger charge is -2.43. The van der Waals surface area contributed by atoms with Crippen LogP contribution in [0.1, 0.15) is 54.4 Å². The van der Waals surface area contributed by atoms with Crippen LogP contribution in [0.5, 0.6) is 0 Å². The van der Waals surface area contributed by atoms with E-state index in [9.17, 15) is 5.11 Å². The molecule has 2 atom stereocenters. The second kappa shape index (κ2) is 5.13. The SMILES string of the molecule is CCCOC(C)(O)C(C)(C)C(C)CC. The van der Waals surface area contributed by atoms with E-state index in [0.29, 0.717) is 12.5 Å². The summed E-state index contributed by atoms with van der Waals surface area (Å²) in [6, 6.07) is 0. The van der Waals surface area contributed by atoms with Gasteiger partial charge in [-0.3, -0.25) is 0 Å². The predicted octanol–water partition coefficient (Wildman–Crippen LogP) is 3.19. The smallest absolute Gasteiger partial charge is 0.167 e. The summed E-state index contributed by atoms with van der Waals surface area (Å²) in [4.78, 5) is 0. The van der Waals surface area contributed by atoms with Crippen molar-refractivity contribution in [1.82, 2.24) is 0 Å². The van der Waals surface area contributed by atoms with Crippen molar-refractivity contribution in [2.45, 2.75) is 60.2 Å². The number of hydrogen-bond acceptors (Lipinski definition) is 2. The standard InChI is InChI=1S/C12H26O2/c1-7-9-14-12(6,13)11(4,5)10(3)8-2/h10,13H,7-9H2,1-6H3. The molecule has 2 nitrogen and oxygen atoms in total. The molecule has 0 aliphatic heterocycles. The molecule has 0 saturated heterocycles. The van der Waals surface area contributed by atoms with Gasteiger partial charge in [-0.25, -0.2) is 0 Å². The van der Waals surface area contributed by atoms with Gasteiger partial charge in [0, 0.05) is 12.0 Å². The Kier molecular flexibility index (Phi) is 5.10. The summed E-state index contributed by atoms with van der Waals surface area (Å²) in [5.41, 5.74) is -0.211. The molecule has 0 aliphatic rings. The Bertz CT molecular complexity index is 162. The van der Waals surface area contributed by atoms with Crippen LogP contribution in [0.15, 0.2) is 0 Å². The third kappa shape index (κ3) is 2.96. The van der Waals surface area contributed by atoms with E-state index < -0.39 is 5.79 Å². The molecule has 0 aromatic carbocycles. The molecule has 14 heavy (non-hydrogen) atoms. The number of ether oxygens (including phenoxy) is 1. The summed E-state index contributed by atoms with van der Waals surface area (Å²) in [7, 11) is 0. The molecule has 2 heteroatoms. The van der Waals surface area contributed by atoms with E-state index in [1.54, 1.807) is 6.92 Å². The number of aliphatic hydroxyl groups is 1. The summed E-state index contributed by atoms with van der Waals surface area (Å²) in [5.74, 6) is -0.590. The summed E-state index contributed by atoms with van der Waals surface area (Å²) in [5, 5.41) is 10.3. The monoisotopic (exact) mass is 202 g/mol. The van der Waals surface area contributed by atoms with E-state index in [1.165, 1.54) is 0 Å². The molecule has 0 heterocycles. The van der Waals surface area contributed by atoms with Crippen molar-refractivity contribution >= 4 is 0 Å². The molecule has 0 rings (SSSR count). The van der Waals surface area contributed by atoms with Crippen LogP contribution in [-0.2, 0) is 4.74 Å². The van der Waals surface area contributed by atoms with E-state index in [0.717, 1.165) is 12.8 Å². The van der Waals surface area contributed by atoms with Crippen LogP contribution in [0.2, 0.25) is 0 Å². The van der Waals surface area contributed by atoms with E-state index in [1.807, 2.05) is 6.92 Å². The quantitative estimate of drug-likeness (QED) is 0.670. The maximum atomic E-state index is 10.3. The molecule has 0 aliphatic carbocycles. The van der Waals surface area contributed by atoms with Crippen LogP contribution in [0.3, 0.4) is 0 Å². The van der Waals surface area contributed by atoms with E-state index in [4.69, 9.17) is 4.74 Å². The molecule has 0 aromatic rings. The van der Waals surface area contributed by atoms with Gasteiger partial charge in [0.1, 0.15) is 0 Å². The molecule has 0 saturated carbocycles. The van der Waals surface area contributed by atoms with Gasteiger partial charge in [0.05, 0.1) is 0 Å². The minimum atomic E-state index is -1.03. The lowest BCUT2D eigenvalue weighted by Crippen LogP contribution is -2.48. The van der Waals surface area contributed by atoms with Gasteiger partial charge < -0.3 is 9.84 Å². The Morgan fingerprint density at radius 2 is 1.71 bits per heavy atom. The minimum Gasteiger partial charge on any atom is -0.365 e. The molecule has 0 amide bonds. The summed E-state index contributed by atoms with van der Waals surface area (Å²) in [6.07, 6.45) is 1.99. The average Bonchev–Trinajstić information content (AvgIpc) is 2.13. The van der Waals surface area contributed by atoms with Crippen molar-refractivity contribution in [2.75, 3.05) is 6.61 Å². The van der Waals surface area contributed by atoms with Gasteiger partial charge >= 0.3 is 0 Å². The van der Waals surface area contributed by atoms with Crippen molar-refractivity contribution in [3.8, 4) is 0 Å². The Balaban J connectivity index is 4.51. The molecular weight excluding hydrogens is 176 g/mol. The van der Waals surface area contributed by atoms with Gasteiger partial charge in [-0.2, -0.15) is 0 Å². The molecule has 0 bridgehead atoms. The molecule has 0 radical (unpaired) electrons. The van der Waals surface area contributed by atoms with Crippen LogP contribution in [-0.4, -0.2) is 17.5 Å². The summed E-state index contributed by atoms with van der Waals surface area (Å²) >= 11 is 0. The van der Waals surface area contributed by atoms with Crippen molar-refractivity contribution in [1.29, 1.82) is 0 Å². The number of hydrogen-bond donors (Lipinski definition) is 1. The van der Waals surface area contributed by atoms with Gasteiger partial charge in [-0.1, -0.05) is 41.0 Å². The first-order valence-electron chi connectivity index (χ1n) is 5.65. The Morgan fingerprint density at radius 1 is 1.21 bits per heavy atom. The molecule has 0 aromatic heterocycles. The largest absolute Gasteiger partial charge is 0.365 e. The first kappa shape index (κ1) is 13.9. The third-order valence-electron chi connectivity index (χ3n) is 3.63. The molecule has 2 unspecified atom stereocenters.